The predicted molar refractivity (Wildman–Crippen MR) is 69.9 cm³/mol. The largest absolute Gasteiger partial charge is 0.361 e. The van der Waals surface area contributed by atoms with Crippen molar-refractivity contribution in [2.24, 2.45) is 10.9 Å². The van der Waals surface area contributed by atoms with Crippen molar-refractivity contribution in [3.8, 4) is 0 Å². The maximum absolute atomic E-state index is 4.87. The maximum Gasteiger partial charge on any atom is 0.157 e. The SMILES string of the molecule is C1CC2CSC(NC3CCSC3)=NC2C1. The maximum atomic E-state index is 4.87. The Bertz CT molecular complexity index is 261. The third-order valence-corrected chi connectivity index (χ3v) is 5.85. The van der Waals surface area contributed by atoms with Crippen LogP contribution in [-0.2, 0) is 0 Å². The number of nitrogens with zero attached hydrogens (tertiary/aromatic N) is 1. The highest BCUT2D eigenvalue weighted by Gasteiger charge is 2.31. The third-order valence-electron chi connectivity index (χ3n) is 3.59. The molecule has 4 heteroatoms. The summed E-state index contributed by atoms with van der Waals surface area (Å²) in [6.07, 6.45) is 5.45. The molecule has 84 valence electrons. The van der Waals surface area contributed by atoms with Crippen LogP contribution in [0.3, 0.4) is 0 Å². The van der Waals surface area contributed by atoms with Crippen molar-refractivity contribution in [2.45, 2.75) is 37.8 Å². The molecule has 0 aromatic heterocycles. The van der Waals surface area contributed by atoms with E-state index in [1.807, 2.05) is 11.8 Å². The molecule has 2 nitrogen and oxygen atoms in total. The second-order valence-corrected chi connectivity index (χ2v) is 6.87. The minimum atomic E-state index is 0.655. The summed E-state index contributed by atoms with van der Waals surface area (Å²) in [7, 11) is 0. The van der Waals surface area contributed by atoms with Gasteiger partial charge < -0.3 is 5.32 Å². The van der Waals surface area contributed by atoms with Crippen LogP contribution >= 0.6 is 23.5 Å². The average molecular weight is 242 g/mol. The lowest BCUT2D eigenvalue weighted by atomic mass is 10.1. The van der Waals surface area contributed by atoms with Crippen molar-refractivity contribution in [1.29, 1.82) is 0 Å². The van der Waals surface area contributed by atoms with Crippen LogP contribution in [0.25, 0.3) is 0 Å². The van der Waals surface area contributed by atoms with Crippen LogP contribution in [0.1, 0.15) is 25.7 Å². The van der Waals surface area contributed by atoms with E-state index in [1.54, 1.807) is 0 Å². The van der Waals surface area contributed by atoms with Gasteiger partial charge in [0.2, 0.25) is 0 Å². The minimum Gasteiger partial charge on any atom is -0.361 e. The van der Waals surface area contributed by atoms with Gasteiger partial charge in [0, 0.05) is 17.5 Å². The molecule has 3 aliphatic rings. The number of nitrogens with one attached hydrogen (secondary N) is 1. The Kier molecular flexibility index (Phi) is 3.15. The van der Waals surface area contributed by atoms with Crippen LogP contribution in [-0.4, -0.2) is 34.5 Å². The van der Waals surface area contributed by atoms with Crippen molar-refractivity contribution in [3.63, 3.8) is 0 Å². The summed E-state index contributed by atoms with van der Waals surface area (Å²) in [5.74, 6) is 4.78. The first-order valence-corrected chi connectivity index (χ1v) is 8.11. The molecule has 2 fully saturated rings. The van der Waals surface area contributed by atoms with Crippen LogP contribution in [0, 0.1) is 5.92 Å². The number of hydrogen-bond donors (Lipinski definition) is 1. The molecule has 0 bridgehead atoms. The molecule has 2 heterocycles. The van der Waals surface area contributed by atoms with Crippen molar-refractivity contribution in [1.82, 2.24) is 5.32 Å². The van der Waals surface area contributed by atoms with Crippen molar-refractivity contribution in [3.05, 3.63) is 0 Å². The highest BCUT2D eigenvalue weighted by molar-refractivity contribution is 8.13. The number of rotatable bonds is 1. The molecule has 1 saturated carbocycles. The normalized spacial score (nSPS) is 40.0. The number of aliphatic imine (C=N–C) groups is 1. The van der Waals surface area contributed by atoms with Crippen LogP contribution in [0.2, 0.25) is 0 Å². The van der Waals surface area contributed by atoms with Gasteiger partial charge in [-0.3, -0.25) is 4.99 Å². The summed E-state index contributed by atoms with van der Waals surface area (Å²) >= 11 is 4.02. The lowest BCUT2D eigenvalue weighted by Gasteiger charge is -2.25. The summed E-state index contributed by atoms with van der Waals surface area (Å²) < 4.78 is 0. The van der Waals surface area contributed by atoms with Gasteiger partial charge in [-0.2, -0.15) is 11.8 Å². The van der Waals surface area contributed by atoms with E-state index in [0.29, 0.717) is 12.1 Å². The monoisotopic (exact) mass is 242 g/mol. The molecule has 1 saturated heterocycles. The van der Waals surface area contributed by atoms with Gasteiger partial charge in [-0.15, -0.1) is 0 Å². The van der Waals surface area contributed by atoms with Gasteiger partial charge in [0.05, 0.1) is 6.04 Å². The van der Waals surface area contributed by atoms with E-state index in [4.69, 9.17) is 4.99 Å². The van der Waals surface area contributed by atoms with Crippen LogP contribution in [0.15, 0.2) is 4.99 Å². The summed E-state index contributed by atoms with van der Waals surface area (Å²) in [6.45, 7) is 0. The molecule has 15 heavy (non-hydrogen) atoms. The lowest BCUT2D eigenvalue weighted by molar-refractivity contribution is 0.530. The minimum absolute atomic E-state index is 0.655. The summed E-state index contributed by atoms with van der Waals surface area (Å²) in [5.41, 5.74) is 0. The Hall–Kier alpha value is 0.170. The first-order valence-electron chi connectivity index (χ1n) is 5.97. The fourth-order valence-electron chi connectivity index (χ4n) is 2.66. The first kappa shape index (κ1) is 10.3. The second kappa shape index (κ2) is 4.58. The molecule has 1 aliphatic carbocycles. The van der Waals surface area contributed by atoms with Crippen molar-refractivity contribution >= 4 is 28.7 Å². The highest BCUT2D eigenvalue weighted by Crippen LogP contribution is 2.35. The molecule has 0 aromatic carbocycles. The zero-order valence-electron chi connectivity index (χ0n) is 8.95. The topological polar surface area (TPSA) is 24.4 Å². The van der Waals surface area contributed by atoms with E-state index in [0.717, 1.165) is 5.92 Å². The number of fused-ring (bicyclic) bond motifs is 1. The molecular formula is C11H18N2S2. The molecule has 0 radical (unpaired) electrons. The fraction of sp³-hybridized carbons (Fsp3) is 0.909. The van der Waals surface area contributed by atoms with Crippen LogP contribution in [0.5, 0.6) is 0 Å². The van der Waals surface area contributed by atoms with E-state index in [9.17, 15) is 0 Å². The zero-order chi connectivity index (χ0) is 10.1. The predicted octanol–water partition coefficient (Wildman–Crippen LogP) is 2.35. The Morgan fingerprint density at radius 2 is 2.20 bits per heavy atom. The second-order valence-electron chi connectivity index (χ2n) is 4.71. The molecule has 1 N–H and O–H groups in total. The van der Waals surface area contributed by atoms with Gasteiger partial charge in [-0.1, -0.05) is 18.2 Å². The van der Waals surface area contributed by atoms with E-state index in [2.05, 4.69) is 17.1 Å². The van der Waals surface area contributed by atoms with Gasteiger partial charge in [0.15, 0.2) is 5.17 Å². The van der Waals surface area contributed by atoms with Gasteiger partial charge >= 0.3 is 0 Å². The van der Waals surface area contributed by atoms with Crippen LogP contribution < -0.4 is 5.32 Å². The van der Waals surface area contributed by atoms with E-state index in [1.165, 1.54) is 48.1 Å². The fourth-order valence-corrected chi connectivity index (χ4v) is 5.03. The Balaban J connectivity index is 1.61. The molecule has 3 rings (SSSR count). The van der Waals surface area contributed by atoms with Gasteiger partial charge in [-0.05, 0) is 30.9 Å². The molecule has 0 aromatic rings. The van der Waals surface area contributed by atoms with Crippen molar-refractivity contribution < 1.29 is 0 Å². The highest BCUT2D eigenvalue weighted by atomic mass is 32.2. The standard InChI is InChI=1S/C11H18N2S2/c1-2-8-6-15-11(13-10(8)3-1)12-9-4-5-14-7-9/h8-10H,1-7H2,(H,12,13). The Labute approximate surface area is 100 Å². The first-order chi connectivity index (χ1) is 7.42. The number of amidine groups is 1. The van der Waals surface area contributed by atoms with E-state index >= 15 is 0 Å². The smallest absolute Gasteiger partial charge is 0.157 e. The quantitative estimate of drug-likeness (QED) is 0.764. The number of hydrogen-bond acceptors (Lipinski definition) is 4. The molecule has 3 unspecified atom stereocenters. The van der Waals surface area contributed by atoms with E-state index < -0.39 is 0 Å². The molecule has 3 atom stereocenters. The van der Waals surface area contributed by atoms with Gasteiger partial charge in [0.1, 0.15) is 0 Å². The third kappa shape index (κ3) is 2.31. The Morgan fingerprint density at radius 3 is 3.07 bits per heavy atom. The lowest BCUT2D eigenvalue weighted by Crippen LogP contribution is -2.37. The molecule has 0 amide bonds. The van der Waals surface area contributed by atoms with Crippen LogP contribution in [0.4, 0.5) is 0 Å². The number of thioether (sulfide) groups is 2. The molecule has 2 aliphatic heterocycles. The summed E-state index contributed by atoms with van der Waals surface area (Å²) in [5, 5.41) is 4.86. The summed E-state index contributed by atoms with van der Waals surface area (Å²) in [6, 6.07) is 1.35. The van der Waals surface area contributed by atoms with E-state index in [-0.39, 0.29) is 0 Å². The summed E-state index contributed by atoms with van der Waals surface area (Å²) in [4.78, 5) is 4.87. The van der Waals surface area contributed by atoms with Gasteiger partial charge in [-0.25, -0.2) is 0 Å². The van der Waals surface area contributed by atoms with Crippen molar-refractivity contribution in [2.75, 3.05) is 17.3 Å². The molecule has 0 spiro atoms. The average Bonchev–Trinajstić information content (AvgIpc) is 2.87. The Morgan fingerprint density at radius 1 is 1.20 bits per heavy atom. The zero-order valence-corrected chi connectivity index (χ0v) is 10.6. The molecular weight excluding hydrogens is 224 g/mol. The van der Waals surface area contributed by atoms with Gasteiger partial charge in [0.25, 0.3) is 0 Å².